The number of hydrogen-bond donors (Lipinski definition) is 2. The van der Waals surface area contributed by atoms with E-state index in [1.807, 2.05) is 42.5 Å². The van der Waals surface area contributed by atoms with Crippen LogP contribution in [-0.4, -0.2) is 15.9 Å². The van der Waals surface area contributed by atoms with Crippen molar-refractivity contribution < 1.29 is 9.90 Å². The van der Waals surface area contributed by atoms with E-state index in [4.69, 9.17) is 12.2 Å². The zero-order chi connectivity index (χ0) is 15.0. The average molecular weight is 295 g/mol. The first-order valence-electron chi connectivity index (χ1n) is 6.54. The number of carbonyl (C=O) groups excluding carboxylic acids is 1. The molecule has 2 N–H and O–H groups in total. The van der Waals surface area contributed by atoms with Crippen LogP contribution in [0.3, 0.4) is 0 Å². The number of ketones is 1. The Kier molecular flexibility index (Phi) is 3.31. The number of hydrogen-bond acceptors (Lipinski definition) is 3. The maximum absolute atomic E-state index is 11.6. The normalized spacial score (nSPS) is 10.7. The zero-order valence-electron chi connectivity index (χ0n) is 11.4. The van der Waals surface area contributed by atoms with Crippen molar-refractivity contribution >= 4 is 28.9 Å². The lowest BCUT2D eigenvalue weighted by Gasteiger charge is -2.10. The van der Waals surface area contributed by atoms with E-state index in [-0.39, 0.29) is 21.7 Å². The van der Waals surface area contributed by atoms with Gasteiger partial charge in [0.25, 0.3) is 0 Å². The second-order valence-electron chi connectivity index (χ2n) is 4.83. The summed E-state index contributed by atoms with van der Waals surface area (Å²) in [6, 6.07) is 15.4. The maximum Gasteiger partial charge on any atom is 0.166 e. The van der Waals surface area contributed by atoms with E-state index in [1.54, 1.807) is 6.07 Å². The third-order valence-corrected chi connectivity index (χ3v) is 3.77. The molecular formula is C17H13NO2S. The van der Waals surface area contributed by atoms with Crippen molar-refractivity contribution in [1.29, 1.82) is 0 Å². The Morgan fingerprint density at radius 1 is 1.10 bits per heavy atom. The van der Waals surface area contributed by atoms with Crippen molar-refractivity contribution in [2.75, 3.05) is 0 Å². The molecule has 21 heavy (non-hydrogen) atoms. The minimum Gasteiger partial charge on any atom is -0.506 e. The molecule has 1 heterocycles. The Labute approximate surface area is 126 Å². The van der Waals surface area contributed by atoms with E-state index in [0.29, 0.717) is 5.39 Å². The molecule has 0 bridgehead atoms. The van der Waals surface area contributed by atoms with Gasteiger partial charge in [0.1, 0.15) is 10.4 Å². The summed E-state index contributed by atoms with van der Waals surface area (Å²) in [5, 5.41) is 11.0. The van der Waals surface area contributed by atoms with Crippen LogP contribution in [0.15, 0.2) is 48.5 Å². The summed E-state index contributed by atoms with van der Waals surface area (Å²) in [6.45, 7) is 1.39. The van der Waals surface area contributed by atoms with Crippen LogP contribution < -0.4 is 0 Å². The smallest absolute Gasteiger partial charge is 0.166 e. The maximum atomic E-state index is 11.6. The van der Waals surface area contributed by atoms with Crippen LogP contribution in [-0.2, 0) is 0 Å². The summed E-state index contributed by atoms with van der Waals surface area (Å²) in [5.74, 6) is -0.306. The summed E-state index contributed by atoms with van der Waals surface area (Å²) in [4.78, 5) is 14.7. The number of aromatic amines is 1. The second-order valence-corrected chi connectivity index (χ2v) is 5.24. The van der Waals surface area contributed by atoms with Crippen molar-refractivity contribution in [3.63, 3.8) is 0 Å². The summed E-state index contributed by atoms with van der Waals surface area (Å²) in [6.07, 6.45) is 0. The highest BCUT2D eigenvalue weighted by molar-refractivity contribution is 7.71. The molecule has 2 aromatic carbocycles. The summed E-state index contributed by atoms with van der Waals surface area (Å²) in [7, 11) is 0. The van der Waals surface area contributed by atoms with E-state index in [9.17, 15) is 9.90 Å². The number of nitrogens with one attached hydrogen (secondary N) is 1. The molecule has 0 aliphatic heterocycles. The lowest BCUT2D eigenvalue weighted by atomic mass is 10.00. The number of aromatic hydroxyl groups is 1. The van der Waals surface area contributed by atoms with Crippen molar-refractivity contribution in [3.8, 4) is 16.9 Å². The SMILES string of the molecule is CC(=O)c1c(O)c2cccc(-c3ccccc3)c2[nH]c1=S. The molecule has 4 heteroatoms. The van der Waals surface area contributed by atoms with E-state index < -0.39 is 0 Å². The molecule has 1 aromatic heterocycles. The molecule has 0 unspecified atom stereocenters. The molecule has 0 saturated heterocycles. The van der Waals surface area contributed by atoms with Gasteiger partial charge in [-0.1, -0.05) is 54.7 Å². The highest BCUT2D eigenvalue weighted by Gasteiger charge is 2.15. The van der Waals surface area contributed by atoms with Gasteiger partial charge in [-0.05, 0) is 18.6 Å². The van der Waals surface area contributed by atoms with Crippen LogP contribution in [0.25, 0.3) is 22.0 Å². The topological polar surface area (TPSA) is 53.1 Å². The molecule has 0 amide bonds. The molecule has 0 radical (unpaired) electrons. The van der Waals surface area contributed by atoms with Gasteiger partial charge in [0.2, 0.25) is 0 Å². The predicted octanol–water partition coefficient (Wildman–Crippen LogP) is 4.47. The highest BCUT2D eigenvalue weighted by Crippen LogP contribution is 2.34. The minimum atomic E-state index is -0.249. The number of pyridine rings is 1. The van der Waals surface area contributed by atoms with E-state index >= 15 is 0 Å². The first-order valence-corrected chi connectivity index (χ1v) is 6.94. The van der Waals surface area contributed by atoms with Crippen LogP contribution in [0.1, 0.15) is 17.3 Å². The standard InChI is InChI=1S/C17H13NO2S/c1-10(19)14-16(20)13-9-5-8-12(15(13)18-17(14)21)11-6-3-2-4-7-11/h2-9H,1H3,(H2,18,20,21). The highest BCUT2D eigenvalue weighted by atomic mass is 32.1. The quantitative estimate of drug-likeness (QED) is 0.541. The number of benzene rings is 2. The Hall–Kier alpha value is -2.46. The first kappa shape index (κ1) is 13.5. The number of H-pyrrole nitrogens is 1. The molecule has 0 saturated carbocycles. The van der Waals surface area contributed by atoms with Gasteiger partial charge in [-0.2, -0.15) is 0 Å². The fourth-order valence-corrected chi connectivity index (χ4v) is 2.83. The fourth-order valence-electron chi connectivity index (χ4n) is 2.49. The van der Waals surface area contributed by atoms with Crippen molar-refractivity contribution in [2.24, 2.45) is 0 Å². The number of aromatic nitrogens is 1. The molecule has 3 nitrogen and oxygen atoms in total. The number of Topliss-reactive ketones (excluding diaryl/α,β-unsaturated/α-hetero) is 1. The van der Waals surface area contributed by atoms with Gasteiger partial charge < -0.3 is 10.1 Å². The van der Waals surface area contributed by atoms with Crippen LogP contribution in [0, 0.1) is 4.64 Å². The van der Waals surface area contributed by atoms with E-state index in [1.165, 1.54) is 6.92 Å². The van der Waals surface area contributed by atoms with Crippen molar-refractivity contribution in [1.82, 2.24) is 4.98 Å². The van der Waals surface area contributed by atoms with Gasteiger partial charge in [0, 0.05) is 10.9 Å². The second kappa shape index (κ2) is 5.14. The lowest BCUT2D eigenvalue weighted by molar-refractivity contribution is 0.101. The molecule has 0 aliphatic carbocycles. The number of rotatable bonds is 2. The van der Waals surface area contributed by atoms with Gasteiger partial charge in [-0.25, -0.2) is 0 Å². The number of carbonyl (C=O) groups is 1. The Balaban J connectivity index is 2.41. The molecule has 3 aromatic rings. The van der Waals surface area contributed by atoms with Crippen LogP contribution in [0.5, 0.6) is 5.75 Å². The fraction of sp³-hybridized carbons (Fsp3) is 0.0588. The Morgan fingerprint density at radius 3 is 2.48 bits per heavy atom. The molecule has 0 fully saturated rings. The van der Waals surface area contributed by atoms with Gasteiger partial charge in [0.05, 0.1) is 11.1 Å². The molecule has 0 atom stereocenters. The summed E-state index contributed by atoms with van der Waals surface area (Å²) in [5.41, 5.74) is 2.85. The van der Waals surface area contributed by atoms with Gasteiger partial charge >= 0.3 is 0 Å². The summed E-state index contributed by atoms with van der Waals surface area (Å²) >= 11 is 5.22. The molecule has 0 aliphatic rings. The molecule has 3 rings (SSSR count). The van der Waals surface area contributed by atoms with Gasteiger partial charge in [-0.15, -0.1) is 0 Å². The number of fused-ring (bicyclic) bond motifs is 1. The van der Waals surface area contributed by atoms with E-state index in [2.05, 4.69) is 4.98 Å². The van der Waals surface area contributed by atoms with Gasteiger partial charge in [-0.3, -0.25) is 4.79 Å². The first-order chi connectivity index (χ1) is 10.1. The van der Waals surface area contributed by atoms with Gasteiger partial charge in [0.15, 0.2) is 5.78 Å². The van der Waals surface area contributed by atoms with Crippen molar-refractivity contribution in [3.05, 3.63) is 58.7 Å². The average Bonchev–Trinajstić information content (AvgIpc) is 2.47. The number of para-hydroxylation sites is 1. The zero-order valence-corrected chi connectivity index (χ0v) is 12.2. The van der Waals surface area contributed by atoms with Crippen molar-refractivity contribution in [2.45, 2.75) is 6.92 Å². The predicted molar refractivity (Wildman–Crippen MR) is 86.2 cm³/mol. The monoisotopic (exact) mass is 295 g/mol. The van der Waals surface area contributed by atoms with E-state index in [0.717, 1.165) is 16.6 Å². The molecule has 0 spiro atoms. The van der Waals surface area contributed by atoms with Crippen LogP contribution in [0.2, 0.25) is 0 Å². The van der Waals surface area contributed by atoms with Crippen LogP contribution in [0.4, 0.5) is 0 Å². The molecule has 104 valence electrons. The minimum absolute atomic E-state index is 0.0565. The lowest BCUT2D eigenvalue weighted by Crippen LogP contribution is -1.98. The third kappa shape index (κ3) is 2.23. The third-order valence-electron chi connectivity index (χ3n) is 3.46. The largest absolute Gasteiger partial charge is 0.506 e. The molecular weight excluding hydrogens is 282 g/mol. The Bertz CT molecular complexity index is 898. The Morgan fingerprint density at radius 2 is 1.81 bits per heavy atom. The van der Waals surface area contributed by atoms with Crippen LogP contribution >= 0.6 is 12.2 Å². The summed E-state index contributed by atoms with van der Waals surface area (Å²) < 4.78 is 0.260.